The molecule has 0 amide bonds. The van der Waals surface area contributed by atoms with Crippen LogP contribution in [0.3, 0.4) is 0 Å². The highest BCUT2D eigenvalue weighted by molar-refractivity contribution is 5.32. The fraction of sp³-hybridized carbons (Fsp3) is 0.111. The largest absolute Gasteiger partial charge is 0.497 e. The van der Waals surface area contributed by atoms with Crippen molar-refractivity contribution in [2.45, 2.75) is 6.61 Å². The third-order valence-corrected chi connectivity index (χ3v) is 1.52. The highest BCUT2D eigenvalue weighted by Crippen LogP contribution is 2.12. The molecular weight excluding hydrogens is 170 g/mol. The predicted octanol–water partition coefficient (Wildman–Crippen LogP) is 2.25. The van der Waals surface area contributed by atoms with Gasteiger partial charge in [0.05, 0.1) is 11.2 Å². The normalized spacial score (nSPS) is 9.23. The van der Waals surface area contributed by atoms with E-state index in [2.05, 4.69) is 6.58 Å². The average molecular weight is 179 g/mol. The molecule has 0 saturated heterocycles. The number of nitrogens with zero attached hydrogens (tertiary/aromatic N) is 1. The smallest absolute Gasteiger partial charge is 0.269 e. The summed E-state index contributed by atoms with van der Waals surface area (Å²) in [7, 11) is 0. The van der Waals surface area contributed by atoms with Crippen LogP contribution in [0.4, 0.5) is 5.69 Å². The summed E-state index contributed by atoms with van der Waals surface area (Å²) in [5, 5.41) is 10.3. The van der Waals surface area contributed by atoms with Gasteiger partial charge in [-0.2, -0.15) is 0 Å². The molecule has 0 spiro atoms. The number of benzene rings is 1. The molecule has 0 bridgehead atoms. The van der Waals surface area contributed by atoms with Crippen molar-refractivity contribution in [1.29, 1.82) is 0 Å². The lowest BCUT2D eigenvalue weighted by atomic mass is 10.2. The van der Waals surface area contributed by atoms with Crippen LogP contribution in [-0.2, 0) is 11.3 Å². The van der Waals surface area contributed by atoms with Gasteiger partial charge in [0.1, 0.15) is 6.61 Å². The zero-order valence-electron chi connectivity index (χ0n) is 6.97. The first kappa shape index (κ1) is 9.25. The minimum Gasteiger partial charge on any atom is -0.497 e. The number of rotatable bonds is 4. The molecule has 68 valence electrons. The Labute approximate surface area is 75.6 Å². The Hall–Kier alpha value is -1.84. The highest BCUT2D eigenvalue weighted by Gasteiger charge is 2.02. The molecule has 0 aliphatic carbocycles. The lowest BCUT2D eigenvalue weighted by Crippen LogP contribution is -1.89. The molecule has 13 heavy (non-hydrogen) atoms. The lowest BCUT2D eigenvalue weighted by Gasteiger charge is -1.99. The maximum absolute atomic E-state index is 10.3. The summed E-state index contributed by atoms with van der Waals surface area (Å²) >= 11 is 0. The van der Waals surface area contributed by atoms with Gasteiger partial charge in [0.25, 0.3) is 5.69 Å². The summed E-state index contributed by atoms with van der Waals surface area (Å²) in [5.74, 6) is 0. The highest BCUT2D eigenvalue weighted by atomic mass is 16.6. The van der Waals surface area contributed by atoms with E-state index >= 15 is 0 Å². The van der Waals surface area contributed by atoms with E-state index < -0.39 is 4.92 Å². The first-order valence-corrected chi connectivity index (χ1v) is 3.70. The molecule has 0 unspecified atom stereocenters. The first-order valence-electron chi connectivity index (χ1n) is 3.70. The van der Waals surface area contributed by atoms with Crippen molar-refractivity contribution < 1.29 is 9.66 Å². The Morgan fingerprint density at radius 3 is 2.54 bits per heavy atom. The van der Waals surface area contributed by atoms with Crippen LogP contribution in [0.1, 0.15) is 5.56 Å². The molecule has 1 rings (SSSR count). The summed E-state index contributed by atoms with van der Waals surface area (Å²) in [5.41, 5.74) is 0.966. The summed E-state index contributed by atoms with van der Waals surface area (Å²) in [6.07, 6.45) is 1.33. The van der Waals surface area contributed by atoms with Gasteiger partial charge in [0.15, 0.2) is 0 Å². The zero-order chi connectivity index (χ0) is 9.68. The van der Waals surface area contributed by atoms with E-state index in [1.807, 2.05) is 0 Å². The molecule has 1 aromatic rings. The molecule has 0 aromatic heterocycles. The van der Waals surface area contributed by atoms with Crippen molar-refractivity contribution >= 4 is 5.69 Å². The van der Waals surface area contributed by atoms with Crippen LogP contribution in [0.5, 0.6) is 0 Å². The van der Waals surface area contributed by atoms with Crippen molar-refractivity contribution in [2.24, 2.45) is 0 Å². The molecule has 4 heteroatoms. The standard InChI is InChI=1S/C9H9NO3/c1-2-13-7-8-3-5-9(6-4-8)10(11)12/h2-6H,1,7H2. The van der Waals surface area contributed by atoms with Gasteiger partial charge < -0.3 is 4.74 Å². The zero-order valence-corrected chi connectivity index (χ0v) is 6.97. The average Bonchev–Trinajstić information content (AvgIpc) is 2.15. The number of nitro groups is 1. The Balaban J connectivity index is 2.69. The summed E-state index contributed by atoms with van der Waals surface area (Å²) in [6, 6.07) is 6.20. The minimum atomic E-state index is -0.432. The molecule has 0 saturated carbocycles. The van der Waals surface area contributed by atoms with Gasteiger partial charge in [-0.05, 0) is 17.7 Å². The molecule has 0 radical (unpaired) electrons. The number of hydrogen-bond acceptors (Lipinski definition) is 3. The molecular formula is C9H9NO3. The summed E-state index contributed by atoms with van der Waals surface area (Å²) in [6.45, 7) is 3.78. The van der Waals surface area contributed by atoms with E-state index in [-0.39, 0.29) is 5.69 Å². The van der Waals surface area contributed by atoms with E-state index in [4.69, 9.17) is 4.74 Å². The Morgan fingerprint density at radius 2 is 2.08 bits per heavy atom. The molecule has 0 heterocycles. The number of hydrogen-bond donors (Lipinski definition) is 0. The molecule has 0 fully saturated rings. The fourth-order valence-electron chi connectivity index (χ4n) is 0.869. The van der Waals surface area contributed by atoms with Crippen molar-refractivity contribution in [3.8, 4) is 0 Å². The van der Waals surface area contributed by atoms with Gasteiger partial charge in [-0.1, -0.05) is 6.58 Å². The quantitative estimate of drug-likeness (QED) is 0.404. The Morgan fingerprint density at radius 1 is 1.46 bits per heavy atom. The predicted molar refractivity (Wildman–Crippen MR) is 48.1 cm³/mol. The van der Waals surface area contributed by atoms with E-state index in [0.29, 0.717) is 6.61 Å². The topological polar surface area (TPSA) is 52.4 Å². The Bertz CT molecular complexity index is 305. The number of ether oxygens (including phenoxy) is 1. The molecule has 0 aliphatic rings. The van der Waals surface area contributed by atoms with Crippen LogP contribution in [0.15, 0.2) is 37.1 Å². The van der Waals surface area contributed by atoms with Gasteiger partial charge in [0.2, 0.25) is 0 Å². The Kier molecular flexibility index (Phi) is 3.03. The van der Waals surface area contributed by atoms with Crippen LogP contribution in [0.2, 0.25) is 0 Å². The maximum atomic E-state index is 10.3. The van der Waals surface area contributed by atoms with E-state index in [1.165, 1.54) is 18.4 Å². The third kappa shape index (κ3) is 2.59. The van der Waals surface area contributed by atoms with Crippen molar-refractivity contribution in [2.75, 3.05) is 0 Å². The molecule has 0 aliphatic heterocycles. The van der Waals surface area contributed by atoms with Crippen LogP contribution < -0.4 is 0 Å². The van der Waals surface area contributed by atoms with Crippen LogP contribution in [0.25, 0.3) is 0 Å². The maximum Gasteiger partial charge on any atom is 0.269 e. The second kappa shape index (κ2) is 4.25. The van der Waals surface area contributed by atoms with E-state index in [1.54, 1.807) is 12.1 Å². The van der Waals surface area contributed by atoms with Crippen molar-refractivity contribution in [3.63, 3.8) is 0 Å². The molecule has 0 atom stereocenters. The van der Waals surface area contributed by atoms with Crippen LogP contribution in [-0.4, -0.2) is 4.92 Å². The molecule has 0 N–H and O–H groups in total. The second-order valence-corrected chi connectivity index (χ2v) is 2.40. The van der Waals surface area contributed by atoms with Crippen molar-refractivity contribution in [1.82, 2.24) is 0 Å². The molecule has 4 nitrogen and oxygen atoms in total. The van der Waals surface area contributed by atoms with Gasteiger partial charge in [-0.3, -0.25) is 10.1 Å². The monoisotopic (exact) mass is 179 g/mol. The van der Waals surface area contributed by atoms with Gasteiger partial charge in [0, 0.05) is 12.1 Å². The second-order valence-electron chi connectivity index (χ2n) is 2.40. The molecule has 1 aromatic carbocycles. The summed E-state index contributed by atoms with van der Waals surface area (Å²) in [4.78, 5) is 9.85. The van der Waals surface area contributed by atoms with Crippen molar-refractivity contribution in [3.05, 3.63) is 52.8 Å². The van der Waals surface area contributed by atoms with Crippen LogP contribution in [0, 0.1) is 10.1 Å². The minimum absolute atomic E-state index is 0.0855. The number of nitro benzene ring substituents is 1. The van der Waals surface area contributed by atoms with Gasteiger partial charge in [-0.15, -0.1) is 0 Å². The van der Waals surface area contributed by atoms with Gasteiger partial charge in [-0.25, -0.2) is 0 Å². The first-order chi connectivity index (χ1) is 6.24. The lowest BCUT2D eigenvalue weighted by molar-refractivity contribution is -0.384. The SMILES string of the molecule is C=COCc1ccc([N+](=O)[O-])cc1. The van der Waals surface area contributed by atoms with Crippen LogP contribution >= 0.6 is 0 Å². The number of non-ortho nitro benzene ring substituents is 1. The van der Waals surface area contributed by atoms with E-state index in [0.717, 1.165) is 5.56 Å². The third-order valence-electron chi connectivity index (χ3n) is 1.52. The van der Waals surface area contributed by atoms with Gasteiger partial charge >= 0.3 is 0 Å². The van der Waals surface area contributed by atoms with E-state index in [9.17, 15) is 10.1 Å². The fourth-order valence-corrected chi connectivity index (χ4v) is 0.869. The summed E-state index contributed by atoms with van der Waals surface area (Å²) < 4.78 is 4.91.